The van der Waals surface area contributed by atoms with E-state index in [9.17, 15) is 14.4 Å². The normalized spacial score (nSPS) is 27.5. The van der Waals surface area contributed by atoms with Gasteiger partial charge in [0.15, 0.2) is 0 Å². The van der Waals surface area contributed by atoms with Crippen molar-refractivity contribution in [2.45, 2.75) is 37.5 Å². The molecule has 3 fully saturated rings. The molecule has 1 spiro atoms. The van der Waals surface area contributed by atoms with Crippen LogP contribution in [0.3, 0.4) is 0 Å². The second-order valence-electron chi connectivity index (χ2n) is 8.22. The van der Waals surface area contributed by atoms with Gasteiger partial charge < -0.3 is 20.1 Å². The third-order valence-electron chi connectivity index (χ3n) is 6.41. The highest BCUT2D eigenvalue weighted by molar-refractivity contribution is 5.78. The predicted octanol–water partition coefficient (Wildman–Crippen LogP) is -1.64. The van der Waals surface area contributed by atoms with E-state index < -0.39 is 5.69 Å². The minimum atomic E-state index is -0.419. The predicted molar refractivity (Wildman–Crippen MR) is 107 cm³/mol. The number of aromatic amines is 2. The summed E-state index contributed by atoms with van der Waals surface area (Å²) in [6.07, 6.45) is 5.46. The average Bonchev–Trinajstić information content (AvgIpc) is 3.55. The first kappa shape index (κ1) is 21.7. The Kier molecular flexibility index (Phi) is 6.08. The fourth-order valence-electron chi connectivity index (χ4n) is 5.13. The minimum Gasteiger partial charge on any atom is -0.483 e. The molecule has 0 aromatic carbocycles. The molecule has 5 rings (SSSR count). The van der Waals surface area contributed by atoms with Crippen molar-refractivity contribution in [1.82, 2.24) is 35.2 Å². The molecule has 4 N–H and O–H groups in total. The van der Waals surface area contributed by atoms with Gasteiger partial charge in [0.25, 0.3) is 6.47 Å². The van der Waals surface area contributed by atoms with Gasteiger partial charge in [-0.2, -0.15) is 10.2 Å². The van der Waals surface area contributed by atoms with E-state index >= 15 is 0 Å². The molecular weight excluding hydrogens is 422 g/mol. The average molecular weight is 447 g/mol. The highest BCUT2D eigenvalue weighted by Gasteiger charge is 2.63. The Morgan fingerprint density at radius 3 is 2.94 bits per heavy atom. The fourth-order valence-corrected chi connectivity index (χ4v) is 5.13. The lowest BCUT2D eigenvalue weighted by Gasteiger charge is -2.29. The van der Waals surface area contributed by atoms with Crippen LogP contribution in [0.4, 0.5) is 0 Å². The summed E-state index contributed by atoms with van der Waals surface area (Å²) in [6.45, 7) is 1.63. The molecule has 0 unspecified atom stereocenters. The van der Waals surface area contributed by atoms with Gasteiger partial charge in [0.1, 0.15) is 12.4 Å². The van der Waals surface area contributed by atoms with Crippen molar-refractivity contribution < 1.29 is 24.2 Å². The smallest absolute Gasteiger partial charge is 0.340 e. The number of ether oxygens (including phenoxy) is 1. The summed E-state index contributed by atoms with van der Waals surface area (Å²) in [5.41, 5.74) is -0.728. The Bertz CT molecular complexity index is 1020. The largest absolute Gasteiger partial charge is 0.483 e. The second kappa shape index (κ2) is 8.94. The van der Waals surface area contributed by atoms with Crippen molar-refractivity contribution >= 4 is 18.3 Å². The maximum atomic E-state index is 12.7. The van der Waals surface area contributed by atoms with Gasteiger partial charge in [-0.1, -0.05) is 0 Å². The number of amides is 2. The lowest BCUT2D eigenvalue weighted by molar-refractivity contribution is -0.131. The molecule has 3 saturated heterocycles. The fraction of sp³-hybridized carbons (Fsp3) is 0.579. The van der Waals surface area contributed by atoms with E-state index in [0.29, 0.717) is 25.5 Å². The zero-order valence-corrected chi connectivity index (χ0v) is 17.3. The Labute approximate surface area is 182 Å². The zero-order chi connectivity index (χ0) is 22.7. The summed E-state index contributed by atoms with van der Waals surface area (Å²) in [4.78, 5) is 48.8. The summed E-state index contributed by atoms with van der Waals surface area (Å²) in [6, 6.07) is 1.78. The Hall–Kier alpha value is -3.48. The van der Waals surface area contributed by atoms with E-state index in [0.717, 1.165) is 12.8 Å². The molecule has 5 heterocycles. The van der Waals surface area contributed by atoms with Crippen molar-refractivity contribution in [2.75, 3.05) is 19.6 Å². The van der Waals surface area contributed by atoms with E-state index in [2.05, 4.69) is 25.6 Å². The van der Waals surface area contributed by atoms with Crippen LogP contribution in [0, 0.1) is 11.8 Å². The van der Waals surface area contributed by atoms with Crippen molar-refractivity contribution in [3.8, 4) is 0 Å². The summed E-state index contributed by atoms with van der Waals surface area (Å²) in [5, 5.41) is 20.0. The number of nitrogens with one attached hydrogen (secondary N) is 3. The number of carbonyl (C=O) groups excluding carboxylic acids is 2. The van der Waals surface area contributed by atoms with E-state index in [1.54, 1.807) is 28.0 Å². The van der Waals surface area contributed by atoms with Gasteiger partial charge in [-0.05, 0) is 18.9 Å². The number of carbonyl (C=O) groups is 3. The van der Waals surface area contributed by atoms with Gasteiger partial charge in [0, 0.05) is 37.3 Å². The van der Waals surface area contributed by atoms with E-state index in [1.165, 1.54) is 0 Å². The van der Waals surface area contributed by atoms with Crippen molar-refractivity contribution in [2.24, 2.45) is 11.8 Å². The molecule has 0 aliphatic carbocycles. The summed E-state index contributed by atoms with van der Waals surface area (Å²) in [5.74, 6) is 0.563. The molecule has 2 amide bonds. The Balaban J connectivity index is 0.000000775. The molecule has 3 aliphatic heterocycles. The second-order valence-corrected chi connectivity index (χ2v) is 8.22. The molecule has 0 radical (unpaired) electrons. The first-order valence-electron chi connectivity index (χ1n) is 10.4. The topological polar surface area (TPSA) is 175 Å². The standard InChI is InChI=1S/C18H23N7O4.CH2O2/c26-15(9-25-5-1-4-20-25)19-7-11-12-8-24(10-18(12)3-2-13(11)29-18)16(27)6-14-21-17(28)23-22-14;2-1-3/h1,4-5,11-13H,2-3,6-10H2,(H,19,26)(H2,21,22,23,28);1H,(H,2,3)/t11-,12+,13+,18+;/m0./s1. The maximum absolute atomic E-state index is 12.7. The van der Waals surface area contributed by atoms with Crippen LogP contribution >= 0.6 is 0 Å². The van der Waals surface area contributed by atoms with Crippen LogP contribution in [0.2, 0.25) is 0 Å². The van der Waals surface area contributed by atoms with E-state index in [4.69, 9.17) is 14.6 Å². The number of nitrogens with zero attached hydrogens (tertiary/aromatic N) is 4. The number of hydrogen-bond donors (Lipinski definition) is 4. The van der Waals surface area contributed by atoms with Crippen LogP contribution in [0.25, 0.3) is 0 Å². The number of aromatic nitrogens is 5. The van der Waals surface area contributed by atoms with Gasteiger partial charge in [0.2, 0.25) is 11.8 Å². The van der Waals surface area contributed by atoms with E-state index in [-0.39, 0.29) is 54.8 Å². The maximum Gasteiger partial charge on any atom is 0.340 e. The number of rotatable bonds is 6. The third-order valence-corrected chi connectivity index (χ3v) is 6.41. The van der Waals surface area contributed by atoms with Crippen LogP contribution in [0.15, 0.2) is 23.3 Å². The molecule has 0 saturated carbocycles. The molecule has 172 valence electrons. The highest BCUT2D eigenvalue weighted by atomic mass is 16.5. The molecule has 13 nitrogen and oxygen atoms in total. The molecule has 2 aromatic heterocycles. The van der Waals surface area contributed by atoms with Crippen LogP contribution in [-0.4, -0.2) is 84.6 Å². The summed E-state index contributed by atoms with van der Waals surface area (Å²) >= 11 is 0. The Morgan fingerprint density at radius 2 is 2.25 bits per heavy atom. The van der Waals surface area contributed by atoms with Gasteiger partial charge in [-0.3, -0.25) is 24.0 Å². The van der Waals surface area contributed by atoms with Crippen molar-refractivity contribution in [3.05, 3.63) is 34.8 Å². The quantitative estimate of drug-likeness (QED) is 0.381. The van der Waals surface area contributed by atoms with Gasteiger partial charge in [0.05, 0.1) is 24.7 Å². The first-order chi connectivity index (χ1) is 15.4. The first-order valence-corrected chi connectivity index (χ1v) is 10.4. The number of H-pyrrole nitrogens is 2. The SMILES string of the molecule is O=C(Cn1cccn1)NC[C@H]1[C@H]2CN(C(=O)Cc3n[nH]c(=O)[nH]3)C[C@]23CC[C@H]1O3.O=CO. The van der Waals surface area contributed by atoms with Gasteiger partial charge >= 0.3 is 5.69 Å². The molecule has 4 atom stereocenters. The molecule has 13 heteroatoms. The number of hydrogen-bond acceptors (Lipinski definition) is 7. The van der Waals surface area contributed by atoms with Crippen LogP contribution in [0.1, 0.15) is 18.7 Å². The third kappa shape index (κ3) is 4.28. The highest BCUT2D eigenvalue weighted by Crippen LogP contribution is 2.54. The van der Waals surface area contributed by atoms with Crippen LogP contribution < -0.4 is 11.0 Å². The van der Waals surface area contributed by atoms with E-state index in [1.807, 2.05) is 0 Å². The van der Waals surface area contributed by atoms with Crippen molar-refractivity contribution in [1.29, 1.82) is 0 Å². The number of carboxylic acid groups (broad SMARTS) is 1. The van der Waals surface area contributed by atoms with Gasteiger partial charge in [-0.25, -0.2) is 9.89 Å². The van der Waals surface area contributed by atoms with Crippen LogP contribution in [-0.2, 0) is 32.1 Å². The van der Waals surface area contributed by atoms with Crippen molar-refractivity contribution in [3.63, 3.8) is 0 Å². The Morgan fingerprint density at radius 1 is 1.44 bits per heavy atom. The molecular formula is C19H25N7O6. The van der Waals surface area contributed by atoms with Crippen LogP contribution in [0.5, 0.6) is 0 Å². The molecule has 32 heavy (non-hydrogen) atoms. The number of fused-ring (bicyclic) bond motifs is 1. The summed E-state index contributed by atoms with van der Waals surface area (Å²) < 4.78 is 7.91. The lowest BCUT2D eigenvalue weighted by atomic mass is 9.73. The summed E-state index contributed by atoms with van der Waals surface area (Å²) in [7, 11) is 0. The lowest BCUT2D eigenvalue weighted by Crippen LogP contribution is -2.42. The monoisotopic (exact) mass is 447 g/mol. The van der Waals surface area contributed by atoms with Gasteiger partial charge in [-0.15, -0.1) is 0 Å². The zero-order valence-electron chi connectivity index (χ0n) is 17.3. The number of likely N-dealkylation sites (tertiary alicyclic amines) is 1. The molecule has 2 bridgehead atoms. The molecule has 3 aliphatic rings. The minimum absolute atomic E-state index is 0.0518. The molecule has 2 aromatic rings.